The molecule has 1 atom stereocenters. The van der Waals surface area contributed by atoms with Gasteiger partial charge in [0.1, 0.15) is 11.9 Å². The highest BCUT2D eigenvalue weighted by Crippen LogP contribution is 2.34. The van der Waals surface area contributed by atoms with Crippen LogP contribution in [0.5, 0.6) is 0 Å². The fraction of sp³-hybridized carbons (Fsp3) is 0.684. The van der Waals surface area contributed by atoms with Gasteiger partial charge in [-0.25, -0.2) is 0 Å². The Kier molecular flexibility index (Phi) is 6.77. The Morgan fingerprint density at radius 3 is 2.44 bits per heavy atom. The summed E-state index contributed by atoms with van der Waals surface area (Å²) in [5.74, 6) is -0.250. The monoisotopic (exact) mass is 382 g/mol. The zero-order chi connectivity index (χ0) is 17.6. The molecule has 6 heteroatoms. The Balaban J connectivity index is 1.84. The lowest BCUT2D eigenvalue weighted by atomic mass is 9.95. The van der Waals surface area contributed by atoms with E-state index in [0.717, 1.165) is 43.4 Å². The summed E-state index contributed by atoms with van der Waals surface area (Å²) in [6.07, 6.45) is 9.80. The van der Waals surface area contributed by atoms with E-state index in [1.165, 1.54) is 30.6 Å². The van der Waals surface area contributed by atoms with Crippen LogP contribution in [0.3, 0.4) is 0 Å². The van der Waals surface area contributed by atoms with Crippen molar-refractivity contribution in [2.75, 3.05) is 5.88 Å². The molecule has 0 unspecified atom stereocenters. The van der Waals surface area contributed by atoms with Gasteiger partial charge in [-0.1, -0.05) is 38.2 Å². The normalized spacial score (nSPS) is 20.4. The van der Waals surface area contributed by atoms with Crippen LogP contribution in [0.4, 0.5) is 0 Å². The molecule has 0 aromatic carbocycles. The number of alkyl halides is 1. The molecule has 2 amide bonds. The summed E-state index contributed by atoms with van der Waals surface area (Å²) in [5, 5.41) is 5.19. The number of hydrogen-bond donors (Lipinski definition) is 1. The zero-order valence-electron chi connectivity index (χ0n) is 14.6. The molecule has 1 heterocycles. The number of nitrogens with zero attached hydrogens (tertiary/aromatic N) is 1. The van der Waals surface area contributed by atoms with Crippen LogP contribution < -0.4 is 5.32 Å². The average molecular weight is 383 g/mol. The van der Waals surface area contributed by atoms with Crippen molar-refractivity contribution in [3.63, 3.8) is 0 Å². The van der Waals surface area contributed by atoms with E-state index in [0.29, 0.717) is 0 Å². The molecule has 1 N–H and O–H groups in total. The van der Waals surface area contributed by atoms with Crippen molar-refractivity contribution in [3.8, 4) is 0 Å². The zero-order valence-corrected chi connectivity index (χ0v) is 16.2. The van der Waals surface area contributed by atoms with Crippen molar-refractivity contribution in [1.29, 1.82) is 0 Å². The summed E-state index contributed by atoms with van der Waals surface area (Å²) < 4.78 is 0. The predicted octanol–water partition coefficient (Wildman–Crippen LogP) is 4.25. The maximum absolute atomic E-state index is 13.2. The molecular weight excluding hydrogens is 356 g/mol. The number of halogens is 1. The van der Waals surface area contributed by atoms with Gasteiger partial charge in [0.15, 0.2) is 0 Å². The van der Waals surface area contributed by atoms with Gasteiger partial charge in [0.25, 0.3) is 0 Å². The number of nitrogens with one attached hydrogen (secondary N) is 1. The second-order valence-electron chi connectivity index (χ2n) is 7.13. The first-order valence-corrected chi connectivity index (χ1v) is 10.8. The van der Waals surface area contributed by atoms with Gasteiger partial charge >= 0.3 is 0 Å². The van der Waals surface area contributed by atoms with E-state index in [4.69, 9.17) is 11.6 Å². The second kappa shape index (κ2) is 9.04. The molecule has 1 aromatic rings. The fourth-order valence-corrected chi connectivity index (χ4v) is 5.14. The van der Waals surface area contributed by atoms with Gasteiger partial charge in [-0.2, -0.15) is 0 Å². The molecule has 25 heavy (non-hydrogen) atoms. The molecule has 1 aromatic heterocycles. The molecule has 0 radical (unpaired) electrons. The van der Waals surface area contributed by atoms with Gasteiger partial charge in [0, 0.05) is 17.0 Å². The summed E-state index contributed by atoms with van der Waals surface area (Å²) in [4.78, 5) is 28.5. The smallest absolute Gasteiger partial charge is 0.248 e. The largest absolute Gasteiger partial charge is 0.351 e. The Morgan fingerprint density at radius 1 is 1.16 bits per heavy atom. The minimum atomic E-state index is -0.545. The standard InChI is InChI=1S/C19H27ClN2O2S/c20-13-17(23)22(15-9-4-5-10-15)18(16-11-6-12-25-16)19(24)21-14-7-2-1-3-8-14/h6,11-12,14-15,18H,1-5,7-10,13H2,(H,21,24)/t18-/m1/s1. The van der Waals surface area contributed by atoms with Gasteiger partial charge in [-0.15, -0.1) is 22.9 Å². The van der Waals surface area contributed by atoms with Crippen molar-refractivity contribution >= 4 is 34.8 Å². The molecule has 138 valence electrons. The number of amides is 2. The van der Waals surface area contributed by atoms with Crippen LogP contribution in [0.25, 0.3) is 0 Å². The third kappa shape index (κ3) is 4.56. The SMILES string of the molecule is O=C(NC1CCCCC1)[C@@H](c1cccs1)N(C(=O)CCl)C1CCCC1. The second-order valence-corrected chi connectivity index (χ2v) is 8.38. The number of carbonyl (C=O) groups is 2. The van der Waals surface area contributed by atoms with Crippen LogP contribution >= 0.6 is 22.9 Å². The lowest BCUT2D eigenvalue weighted by Gasteiger charge is -2.36. The van der Waals surface area contributed by atoms with Crippen molar-refractivity contribution < 1.29 is 9.59 Å². The third-order valence-corrected chi connectivity index (χ3v) is 6.56. The van der Waals surface area contributed by atoms with Crippen molar-refractivity contribution in [2.24, 2.45) is 0 Å². The van der Waals surface area contributed by atoms with Crippen molar-refractivity contribution in [2.45, 2.75) is 75.9 Å². The van der Waals surface area contributed by atoms with Gasteiger partial charge in [-0.3, -0.25) is 9.59 Å². The van der Waals surface area contributed by atoms with Crippen LogP contribution in [0, 0.1) is 0 Å². The highest BCUT2D eigenvalue weighted by atomic mass is 35.5. The lowest BCUT2D eigenvalue weighted by molar-refractivity contribution is -0.142. The minimum absolute atomic E-state index is 0.0419. The summed E-state index contributed by atoms with van der Waals surface area (Å²) in [7, 11) is 0. The van der Waals surface area contributed by atoms with E-state index in [1.807, 2.05) is 17.5 Å². The number of carbonyl (C=O) groups excluding carboxylic acids is 2. The first-order valence-electron chi connectivity index (χ1n) is 9.41. The third-order valence-electron chi connectivity index (χ3n) is 5.41. The molecule has 0 spiro atoms. The van der Waals surface area contributed by atoms with E-state index >= 15 is 0 Å². The van der Waals surface area contributed by atoms with Gasteiger partial charge in [-0.05, 0) is 37.1 Å². The van der Waals surface area contributed by atoms with Crippen molar-refractivity contribution in [1.82, 2.24) is 10.2 Å². The molecular formula is C19H27ClN2O2S. The molecule has 0 bridgehead atoms. The molecule has 2 saturated carbocycles. The van der Waals surface area contributed by atoms with Gasteiger partial charge < -0.3 is 10.2 Å². The van der Waals surface area contributed by atoms with Crippen LogP contribution in [0.15, 0.2) is 17.5 Å². The fourth-order valence-electron chi connectivity index (χ4n) is 4.18. The Hall–Kier alpha value is -1.07. The Labute approximate surface area is 158 Å². The molecule has 0 saturated heterocycles. The number of rotatable bonds is 6. The lowest BCUT2D eigenvalue weighted by Crippen LogP contribution is -2.50. The predicted molar refractivity (Wildman–Crippen MR) is 102 cm³/mol. The van der Waals surface area contributed by atoms with Gasteiger partial charge in [0.2, 0.25) is 11.8 Å². The quantitative estimate of drug-likeness (QED) is 0.748. The first kappa shape index (κ1) is 18.7. The molecule has 2 aliphatic carbocycles. The van der Waals surface area contributed by atoms with E-state index in [1.54, 1.807) is 4.90 Å². The molecule has 4 nitrogen and oxygen atoms in total. The molecule has 2 fully saturated rings. The van der Waals surface area contributed by atoms with E-state index in [-0.39, 0.29) is 29.8 Å². The topological polar surface area (TPSA) is 49.4 Å². The molecule has 0 aliphatic heterocycles. The first-order chi connectivity index (χ1) is 12.2. The Morgan fingerprint density at radius 2 is 1.84 bits per heavy atom. The molecule has 2 aliphatic rings. The maximum atomic E-state index is 13.2. The van der Waals surface area contributed by atoms with Gasteiger partial charge in [0.05, 0.1) is 0 Å². The van der Waals surface area contributed by atoms with E-state index < -0.39 is 6.04 Å². The number of hydrogen-bond acceptors (Lipinski definition) is 3. The van der Waals surface area contributed by atoms with Crippen LogP contribution in [-0.4, -0.2) is 34.7 Å². The van der Waals surface area contributed by atoms with E-state index in [2.05, 4.69) is 5.32 Å². The summed E-state index contributed by atoms with van der Waals surface area (Å²) in [6, 6.07) is 3.71. The van der Waals surface area contributed by atoms with Crippen LogP contribution in [0.2, 0.25) is 0 Å². The van der Waals surface area contributed by atoms with Crippen LogP contribution in [-0.2, 0) is 9.59 Å². The summed E-state index contributed by atoms with van der Waals surface area (Å²) in [5.41, 5.74) is 0. The number of thiophene rings is 1. The highest BCUT2D eigenvalue weighted by Gasteiger charge is 2.38. The average Bonchev–Trinajstić information content (AvgIpc) is 3.33. The van der Waals surface area contributed by atoms with E-state index in [9.17, 15) is 9.59 Å². The maximum Gasteiger partial charge on any atom is 0.248 e. The molecule has 3 rings (SSSR count). The summed E-state index contributed by atoms with van der Waals surface area (Å²) >= 11 is 7.45. The highest BCUT2D eigenvalue weighted by molar-refractivity contribution is 7.10. The van der Waals surface area contributed by atoms with Crippen molar-refractivity contribution in [3.05, 3.63) is 22.4 Å². The minimum Gasteiger partial charge on any atom is -0.351 e. The van der Waals surface area contributed by atoms with Crippen LogP contribution in [0.1, 0.15) is 68.7 Å². The Bertz CT molecular complexity index is 566. The summed E-state index contributed by atoms with van der Waals surface area (Å²) in [6.45, 7) is 0.